The fourth-order valence-electron chi connectivity index (χ4n) is 2.34. The molecule has 20 heavy (non-hydrogen) atoms. The molecule has 1 aliphatic rings. The van der Waals surface area contributed by atoms with Crippen LogP contribution in [-0.2, 0) is 4.79 Å². The van der Waals surface area contributed by atoms with Crippen LogP contribution < -0.4 is 11.1 Å². The second-order valence-electron chi connectivity index (χ2n) is 5.01. The summed E-state index contributed by atoms with van der Waals surface area (Å²) in [4.78, 5) is 14.0. The van der Waals surface area contributed by atoms with Gasteiger partial charge in [0.25, 0.3) is 0 Å². The van der Waals surface area contributed by atoms with Crippen LogP contribution in [-0.4, -0.2) is 36.5 Å². The highest BCUT2D eigenvalue weighted by Gasteiger charge is 2.17. The lowest BCUT2D eigenvalue weighted by Gasteiger charge is -2.30. The third kappa shape index (κ3) is 5.45. The third-order valence-corrected chi connectivity index (χ3v) is 3.31. The maximum Gasteiger partial charge on any atom is 0.225 e. The van der Waals surface area contributed by atoms with E-state index in [1.165, 1.54) is 12.1 Å². The van der Waals surface area contributed by atoms with E-state index in [0.29, 0.717) is 18.7 Å². The van der Waals surface area contributed by atoms with Crippen molar-refractivity contribution in [3.63, 3.8) is 0 Å². The summed E-state index contributed by atoms with van der Waals surface area (Å²) >= 11 is 0. The Bertz CT molecular complexity index is 444. The number of hydrogen-bond donors (Lipinski definition) is 2. The molecule has 1 atom stereocenters. The number of piperidine rings is 1. The van der Waals surface area contributed by atoms with Gasteiger partial charge in [-0.05, 0) is 37.6 Å². The average molecular weight is 302 g/mol. The van der Waals surface area contributed by atoms with Gasteiger partial charge in [-0.2, -0.15) is 0 Å². The zero-order chi connectivity index (χ0) is 13.7. The minimum atomic E-state index is -0.347. The first-order valence-electron chi connectivity index (χ1n) is 6.67. The third-order valence-electron chi connectivity index (χ3n) is 3.31. The normalized spacial score (nSPS) is 19.2. The quantitative estimate of drug-likeness (QED) is 0.894. The van der Waals surface area contributed by atoms with Gasteiger partial charge in [0.1, 0.15) is 5.82 Å². The Morgan fingerprint density at radius 1 is 1.50 bits per heavy atom. The smallest absolute Gasteiger partial charge is 0.225 e. The zero-order valence-electron chi connectivity index (χ0n) is 11.3. The van der Waals surface area contributed by atoms with Gasteiger partial charge in [0.05, 0.1) is 0 Å². The van der Waals surface area contributed by atoms with Crippen LogP contribution in [0.5, 0.6) is 0 Å². The van der Waals surface area contributed by atoms with E-state index in [-0.39, 0.29) is 30.2 Å². The highest BCUT2D eigenvalue weighted by atomic mass is 35.5. The number of amides is 1. The van der Waals surface area contributed by atoms with E-state index in [9.17, 15) is 9.18 Å². The van der Waals surface area contributed by atoms with Gasteiger partial charge in [-0.1, -0.05) is 6.07 Å². The van der Waals surface area contributed by atoms with Gasteiger partial charge in [-0.25, -0.2) is 4.39 Å². The summed E-state index contributed by atoms with van der Waals surface area (Å²) in [6.07, 6.45) is 2.56. The monoisotopic (exact) mass is 301 g/mol. The Hall–Kier alpha value is -1.17. The Kier molecular flexibility index (Phi) is 6.91. The molecule has 1 amide bonds. The van der Waals surface area contributed by atoms with Crippen molar-refractivity contribution in [2.75, 3.05) is 25.0 Å². The summed E-state index contributed by atoms with van der Waals surface area (Å²) in [6, 6.07) is 6.14. The Labute approximate surface area is 124 Å². The Balaban J connectivity index is 0.00000200. The van der Waals surface area contributed by atoms with Crippen molar-refractivity contribution in [2.45, 2.75) is 25.3 Å². The fraction of sp³-hybridized carbons (Fsp3) is 0.500. The van der Waals surface area contributed by atoms with Gasteiger partial charge in [0, 0.05) is 31.2 Å². The number of benzene rings is 1. The van der Waals surface area contributed by atoms with E-state index in [0.717, 1.165) is 25.9 Å². The molecule has 0 aromatic heterocycles. The van der Waals surface area contributed by atoms with Crippen molar-refractivity contribution >= 4 is 24.0 Å². The molecule has 1 fully saturated rings. The number of nitrogens with one attached hydrogen (secondary N) is 1. The van der Waals surface area contributed by atoms with Crippen LogP contribution in [0.25, 0.3) is 0 Å². The highest BCUT2D eigenvalue weighted by molar-refractivity contribution is 5.90. The molecule has 0 saturated carbocycles. The van der Waals surface area contributed by atoms with Gasteiger partial charge in [-0.3, -0.25) is 4.79 Å². The van der Waals surface area contributed by atoms with Gasteiger partial charge >= 0.3 is 0 Å². The molecule has 0 radical (unpaired) electrons. The number of rotatable bonds is 4. The second-order valence-corrected chi connectivity index (χ2v) is 5.01. The average Bonchev–Trinajstić information content (AvgIpc) is 2.36. The highest BCUT2D eigenvalue weighted by Crippen LogP contribution is 2.11. The molecule has 1 heterocycles. The molecule has 3 N–H and O–H groups in total. The van der Waals surface area contributed by atoms with Crippen LogP contribution >= 0.6 is 12.4 Å². The molecule has 2 rings (SSSR count). The van der Waals surface area contributed by atoms with E-state index >= 15 is 0 Å². The summed E-state index contributed by atoms with van der Waals surface area (Å²) in [5.74, 6) is -0.440. The Morgan fingerprint density at radius 3 is 3.00 bits per heavy atom. The summed E-state index contributed by atoms with van der Waals surface area (Å²) in [7, 11) is 0. The first-order chi connectivity index (χ1) is 9.13. The number of nitrogens with two attached hydrogens (primary N) is 1. The largest absolute Gasteiger partial charge is 0.327 e. The van der Waals surface area contributed by atoms with Gasteiger partial charge in [-0.15, -0.1) is 12.4 Å². The Morgan fingerprint density at radius 2 is 2.30 bits per heavy atom. The van der Waals surface area contributed by atoms with Crippen LogP contribution in [0, 0.1) is 5.82 Å². The predicted octanol–water partition coefficient (Wildman–Crippen LogP) is 2.00. The van der Waals surface area contributed by atoms with E-state index < -0.39 is 0 Å². The van der Waals surface area contributed by atoms with Crippen molar-refractivity contribution in [1.29, 1.82) is 0 Å². The van der Waals surface area contributed by atoms with Crippen molar-refractivity contribution in [2.24, 2.45) is 5.73 Å². The number of carbonyl (C=O) groups excluding carboxylic acids is 1. The topological polar surface area (TPSA) is 58.4 Å². The summed E-state index contributed by atoms with van der Waals surface area (Å²) < 4.78 is 13.0. The lowest BCUT2D eigenvalue weighted by atomic mass is 10.1. The fourth-order valence-corrected chi connectivity index (χ4v) is 2.34. The van der Waals surface area contributed by atoms with Gasteiger partial charge in [0.15, 0.2) is 0 Å². The van der Waals surface area contributed by atoms with Crippen molar-refractivity contribution in [3.05, 3.63) is 30.1 Å². The van der Waals surface area contributed by atoms with Crippen LogP contribution in [0.4, 0.5) is 10.1 Å². The molecule has 0 unspecified atom stereocenters. The lowest BCUT2D eigenvalue weighted by molar-refractivity contribution is -0.116. The van der Waals surface area contributed by atoms with Crippen LogP contribution in [0.2, 0.25) is 0 Å². The van der Waals surface area contributed by atoms with Crippen LogP contribution in [0.15, 0.2) is 24.3 Å². The van der Waals surface area contributed by atoms with Crippen molar-refractivity contribution < 1.29 is 9.18 Å². The van der Waals surface area contributed by atoms with Gasteiger partial charge < -0.3 is 16.0 Å². The summed E-state index contributed by atoms with van der Waals surface area (Å²) in [5.41, 5.74) is 6.39. The predicted molar refractivity (Wildman–Crippen MR) is 80.5 cm³/mol. The van der Waals surface area contributed by atoms with Gasteiger partial charge in [0.2, 0.25) is 5.91 Å². The standard InChI is InChI=1S/C14H20FN3O.ClH/c15-11-3-1-5-13(9-11)17-14(19)6-8-18-7-2-4-12(16)10-18;/h1,3,5,9,12H,2,4,6-8,10,16H2,(H,17,19);1H/t12-;/m1./s1. The number of nitrogens with zero attached hydrogens (tertiary/aromatic N) is 1. The molecule has 1 saturated heterocycles. The molecular formula is C14H21ClFN3O. The number of halogens is 2. The SMILES string of the molecule is Cl.N[C@@H]1CCCN(CCC(=O)Nc2cccc(F)c2)C1. The number of likely N-dealkylation sites (tertiary alicyclic amines) is 1. The molecule has 1 aromatic rings. The van der Waals surface area contributed by atoms with E-state index in [4.69, 9.17) is 5.73 Å². The summed E-state index contributed by atoms with van der Waals surface area (Å²) in [6.45, 7) is 2.56. The zero-order valence-corrected chi connectivity index (χ0v) is 12.2. The van der Waals surface area contributed by atoms with E-state index in [2.05, 4.69) is 10.2 Å². The van der Waals surface area contributed by atoms with Crippen LogP contribution in [0.1, 0.15) is 19.3 Å². The van der Waals surface area contributed by atoms with Crippen LogP contribution in [0.3, 0.4) is 0 Å². The second kappa shape index (κ2) is 8.19. The molecule has 4 nitrogen and oxygen atoms in total. The molecule has 0 aliphatic carbocycles. The molecule has 1 aliphatic heterocycles. The number of anilines is 1. The number of carbonyl (C=O) groups is 1. The maximum absolute atomic E-state index is 13.0. The molecule has 112 valence electrons. The van der Waals surface area contributed by atoms with E-state index in [1.807, 2.05) is 0 Å². The minimum Gasteiger partial charge on any atom is -0.327 e. The summed E-state index contributed by atoms with van der Waals surface area (Å²) in [5, 5.41) is 2.70. The molecular weight excluding hydrogens is 281 g/mol. The first-order valence-corrected chi connectivity index (χ1v) is 6.67. The molecule has 6 heteroatoms. The lowest BCUT2D eigenvalue weighted by Crippen LogP contribution is -2.43. The van der Waals surface area contributed by atoms with Crippen molar-refractivity contribution in [3.8, 4) is 0 Å². The van der Waals surface area contributed by atoms with Crippen molar-refractivity contribution in [1.82, 2.24) is 4.90 Å². The molecule has 0 spiro atoms. The minimum absolute atomic E-state index is 0. The molecule has 1 aromatic carbocycles. The van der Waals surface area contributed by atoms with E-state index in [1.54, 1.807) is 12.1 Å². The number of hydrogen-bond acceptors (Lipinski definition) is 3. The molecule has 0 bridgehead atoms. The maximum atomic E-state index is 13.0. The first kappa shape index (κ1) is 16.9.